The first-order valence-electron chi connectivity index (χ1n) is 8.62. The van der Waals surface area contributed by atoms with Crippen molar-refractivity contribution in [2.24, 2.45) is 0 Å². The van der Waals surface area contributed by atoms with Crippen LogP contribution in [0.25, 0.3) is 10.9 Å². The molecule has 5 nitrogen and oxygen atoms in total. The van der Waals surface area contributed by atoms with Crippen LogP contribution in [0.4, 0.5) is 11.4 Å². The lowest BCUT2D eigenvalue weighted by atomic mass is 10.1. The number of carbonyl (C=O) groups is 2. The predicted octanol–water partition coefficient (Wildman–Crippen LogP) is 3.70. The van der Waals surface area contributed by atoms with Crippen molar-refractivity contribution in [1.29, 1.82) is 0 Å². The van der Waals surface area contributed by atoms with Crippen LogP contribution in [0.5, 0.6) is 0 Å². The molecule has 0 unspecified atom stereocenters. The third-order valence-corrected chi connectivity index (χ3v) is 4.73. The Balaban J connectivity index is 1.64. The fourth-order valence-corrected chi connectivity index (χ4v) is 3.41. The average Bonchev–Trinajstić information content (AvgIpc) is 3.05. The van der Waals surface area contributed by atoms with E-state index in [1.807, 2.05) is 49.4 Å². The second-order valence-electron chi connectivity index (χ2n) is 6.55. The molecule has 0 fully saturated rings. The summed E-state index contributed by atoms with van der Waals surface area (Å²) in [5.41, 5.74) is 4.89. The molecule has 0 spiro atoms. The molecule has 2 amide bonds. The van der Waals surface area contributed by atoms with Crippen LogP contribution in [0.1, 0.15) is 28.5 Å². The molecular formula is C21H19N3O2. The Bertz CT molecular complexity index is 1040. The predicted molar refractivity (Wildman–Crippen MR) is 103 cm³/mol. The fraction of sp³-hybridized carbons (Fsp3) is 0.190. The van der Waals surface area contributed by atoms with Crippen molar-refractivity contribution in [2.75, 3.05) is 16.8 Å². The van der Waals surface area contributed by atoms with Crippen LogP contribution in [0, 0.1) is 6.92 Å². The number of benzene rings is 2. The zero-order valence-corrected chi connectivity index (χ0v) is 14.7. The Hall–Kier alpha value is -3.21. The van der Waals surface area contributed by atoms with Gasteiger partial charge in [0, 0.05) is 35.8 Å². The summed E-state index contributed by atoms with van der Waals surface area (Å²) in [7, 11) is 0. The van der Waals surface area contributed by atoms with Crippen LogP contribution in [-0.4, -0.2) is 23.3 Å². The molecule has 130 valence electrons. The molecule has 4 rings (SSSR count). The van der Waals surface area contributed by atoms with Gasteiger partial charge in [0.05, 0.1) is 11.2 Å². The van der Waals surface area contributed by atoms with Gasteiger partial charge >= 0.3 is 0 Å². The zero-order chi connectivity index (χ0) is 18.3. The maximum atomic E-state index is 12.7. The highest BCUT2D eigenvalue weighted by molar-refractivity contribution is 6.09. The summed E-state index contributed by atoms with van der Waals surface area (Å²) in [6, 6.07) is 15.2. The number of pyridine rings is 1. The number of carbonyl (C=O) groups excluding carboxylic acids is 2. The van der Waals surface area contributed by atoms with Gasteiger partial charge in [0.15, 0.2) is 0 Å². The SMILES string of the molecule is CC(=O)N1CCc2cc(C(=O)Nc3cccc4ccc(C)nc34)ccc21. The van der Waals surface area contributed by atoms with Crippen molar-refractivity contribution >= 4 is 34.1 Å². The number of para-hydroxylation sites is 1. The quantitative estimate of drug-likeness (QED) is 0.770. The lowest BCUT2D eigenvalue weighted by molar-refractivity contribution is -0.116. The van der Waals surface area contributed by atoms with Gasteiger partial charge in [-0.25, -0.2) is 0 Å². The maximum Gasteiger partial charge on any atom is 0.255 e. The Labute approximate surface area is 151 Å². The molecule has 3 aromatic rings. The minimum Gasteiger partial charge on any atom is -0.320 e. The summed E-state index contributed by atoms with van der Waals surface area (Å²) >= 11 is 0. The van der Waals surface area contributed by atoms with Crippen molar-refractivity contribution in [3.63, 3.8) is 0 Å². The van der Waals surface area contributed by atoms with Crippen molar-refractivity contribution in [3.8, 4) is 0 Å². The standard InChI is InChI=1S/C21H19N3O2/c1-13-6-7-15-4-3-5-18(20(15)22-13)23-21(26)17-8-9-19-16(12-17)10-11-24(19)14(2)25/h3-9,12H,10-11H2,1-2H3,(H,23,26). The second kappa shape index (κ2) is 6.26. The molecule has 5 heteroatoms. The van der Waals surface area contributed by atoms with Crippen LogP contribution in [-0.2, 0) is 11.2 Å². The van der Waals surface area contributed by atoms with E-state index in [-0.39, 0.29) is 11.8 Å². The van der Waals surface area contributed by atoms with E-state index < -0.39 is 0 Å². The van der Waals surface area contributed by atoms with E-state index in [1.54, 1.807) is 17.9 Å². The molecule has 0 saturated heterocycles. The molecule has 0 radical (unpaired) electrons. The average molecular weight is 345 g/mol. The summed E-state index contributed by atoms with van der Waals surface area (Å²) in [6.07, 6.45) is 0.769. The van der Waals surface area contributed by atoms with Crippen LogP contribution in [0.2, 0.25) is 0 Å². The summed E-state index contributed by atoms with van der Waals surface area (Å²) in [5.74, 6) is -0.150. The third-order valence-electron chi connectivity index (χ3n) is 4.73. The topological polar surface area (TPSA) is 62.3 Å². The summed E-state index contributed by atoms with van der Waals surface area (Å²) in [4.78, 5) is 30.7. The summed E-state index contributed by atoms with van der Waals surface area (Å²) in [5, 5.41) is 3.96. The number of hydrogen-bond acceptors (Lipinski definition) is 3. The first kappa shape index (κ1) is 16.3. The van der Waals surface area contributed by atoms with Crippen LogP contribution >= 0.6 is 0 Å². The molecule has 1 aromatic heterocycles. The van der Waals surface area contributed by atoms with E-state index in [4.69, 9.17) is 0 Å². The van der Waals surface area contributed by atoms with Gasteiger partial charge in [-0.05, 0) is 49.2 Å². The minimum absolute atomic E-state index is 0.0261. The highest BCUT2D eigenvalue weighted by atomic mass is 16.2. The van der Waals surface area contributed by atoms with E-state index >= 15 is 0 Å². The van der Waals surface area contributed by atoms with Crippen molar-refractivity contribution in [3.05, 3.63) is 65.4 Å². The van der Waals surface area contributed by atoms with Gasteiger partial charge < -0.3 is 10.2 Å². The van der Waals surface area contributed by atoms with Gasteiger partial charge in [-0.3, -0.25) is 14.6 Å². The number of rotatable bonds is 2. The number of aromatic nitrogens is 1. The number of nitrogens with zero attached hydrogens (tertiary/aromatic N) is 2. The number of aryl methyl sites for hydroxylation is 1. The largest absolute Gasteiger partial charge is 0.320 e. The first-order chi connectivity index (χ1) is 12.5. The molecule has 0 atom stereocenters. The zero-order valence-electron chi connectivity index (χ0n) is 14.7. The second-order valence-corrected chi connectivity index (χ2v) is 6.55. The van der Waals surface area contributed by atoms with Gasteiger partial charge in [0.2, 0.25) is 5.91 Å². The summed E-state index contributed by atoms with van der Waals surface area (Å²) in [6.45, 7) is 4.16. The Morgan fingerprint density at radius 3 is 2.77 bits per heavy atom. The monoisotopic (exact) mass is 345 g/mol. The molecular weight excluding hydrogens is 326 g/mol. The van der Waals surface area contributed by atoms with Gasteiger partial charge in [-0.15, -0.1) is 0 Å². The smallest absolute Gasteiger partial charge is 0.255 e. The molecule has 1 aliphatic heterocycles. The third kappa shape index (κ3) is 2.81. The lowest BCUT2D eigenvalue weighted by Crippen LogP contribution is -2.25. The van der Waals surface area contributed by atoms with Crippen molar-refractivity contribution in [1.82, 2.24) is 4.98 Å². The van der Waals surface area contributed by atoms with E-state index in [0.29, 0.717) is 17.8 Å². The van der Waals surface area contributed by atoms with E-state index in [9.17, 15) is 9.59 Å². The van der Waals surface area contributed by atoms with Gasteiger partial charge in [0.1, 0.15) is 0 Å². The van der Waals surface area contributed by atoms with Crippen LogP contribution in [0.15, 0.2) is 48.5 Å². The van der Waals surface area contributed by atoms with Crippen LogP contribution < -0.4 is 10.2 Å². The molecule has 2 heterocycles. The van der Waals surface area contributed by atoms with Crippen LogP contribution in [0.3, 0.4) is 0 Å². The molecule has 0 aliphatic carbocycles. The Morgan fingerprint density at radius 1 is 1.12 bits per heavy atom. The first-order valence-corrected chi connectivity index (χ1v) is 8.62. The lowest BCUT2D eigenvalue weighted by Gasteiger charge is -2.15. The molecule has 2 aromatic carbocycles. The Morgan fingerprint density at radius 2 is 1.96 bits per heavy atom. The van der Waals surface area contributed by atoms with Gasteiger partial charge in [-0.1, -0.05) is 18.2 Å². The number of nitrogens with one attached hydrogen (secondary N) is 1. The van der Waals surface area contributed by atoms with E-state index in [0.717, 1.165) is 34.3 Å². The summed E-state index contributed by atoms with van der Waals surface area (Å²) < 4.78 is 0. The maximum absolute atomic E-state index is 12.7. The number of amides is 2. The number of fused-ring (bicyclic) bond motifs is 2. The Kier molecular flexibility index (Phi) is 3.92. The number of anilines is 2. The molecule has 26 heavy (non-hydrogen) atoms. The van der Waals surface area contributed by atoms with Gasteiger partial charge in [-0.2, -0.15) is 0 Å². The number of hydrogen-bond donors (Lipinski definition) is 1. The molecule has 0 bridgehead atoms. The van der Waals surface area contributed by atoms with Crippen molar-refractivity contribution < 1.29 is 9.59 Å². The highest BCUT2D eigenvalue weighted by Gasteiger charge is 2.23. The van der Waals surface area contributed by atoms with E-state index in [1.165, 1.54) is 0 Å². The molecule has 1 aliphatic rings. The normalized spacial score (nSPS) is 12.9. The molecule has 0 saturated carbocycles. The minimum atomic E-state index is -0.176. The van der Waals surface area contributed by atoms with Crippen molar-refractivity contribution in [2.45, 2.75) is 20.3 Å². The van der Waals surface area contributed by atoms with Gasteiger partial charge in [0.25, 0.3) is 5.91 Å². The fourth-order valence-electron chi connectivity index (χ4n) is 3.41. The highest BCUT2D eigenvalue weighted by Crippen LogP contribution is 2.29. The molecule has 1 N–H and O–H groups in total. The van der Waals surface area contributed by atoms with E-state index in [2.05, 4.69) is 10.3 Å².